The number of nitrogens with one attached hydrogen (secondary N) is 1. The predicted octanol–water partition coefficient (Wildman–Crippen LogP) is -0.350. The predicted molar refractivity (Wildman–Crippen MR) is 69.4 cm³/mol. The normalized spacial score (nSPS) is 20.4. The first kappa shape index (κ1) is 14.5. The SMILES string of the molecule is O=C(O)CC1C(=O)NCCN1S(=O)(=O)c1ccccc1. The van der Waals surface area contributed by atoms with Crippen LogP contribution in [0.5, 0.6) is 0 Å². The minimum atomic E-state index is -3.88. The molecule has 0 saturated carbocycles. The van der Waals surface area contributed by atoms with E-state index >= 15 is 0 Å². The lowest BCUT2D eigenvalue weighted by atomic mass is 10.1. The zero-order valence-corrected chi connectivity index (χ0v) is 11.3. The third-order valence-corrected chi connectivity index (χ3v) is 4.92. The number of carboxylic acid groups (broad SMARTS) is 1. The lowest BCUT2D eigenvalue weighted by molar-refractivity contribution is -0.141. The molecule has 1 saturated heterocycles. The van der Waals surface area contributed by atoms with Gasteiger partial charge in [-0.05, 0) is 12.1 Å². The number of nitrogens with zero attached hydrogens (tertiary/aromatic N) is 1. The summed E-state index contributed by atoms with van der Waals surface area (Å²) in [7, 11) is -3.88. The highest BCUT2D eigenvalue weighted by molar-refractivity contribution is 7.89. The van der Waals surface area contributed by atoms with Gasteiger partial charge in [-0.2, -0.15) is 4.31 Å². The van der Waals surface area contributed by atoms with Crippen LogP contribution in [-0.4, -0.2) is 48.8 Å². The highest BCUT2D eigenvalue weighted by Gasteiger charge is 2.39. The average Bonchev–Trinajstić information content (AvgIpc) is 2.41. The van der Waals surface area contributed by atoms with Gasteiger partial charge in [-0.15, -0.1) is 0 Å². The number of hydrogen-bond acceptors (Lipinski definition) is 4. The molecule has 2 N–H and O–H groups in total. The van der Waals surface area contributed by atoms with Gasteiger partial charge in [0.2, 0.25) is 15.9 Å². The number of hydrogen-bond donors (Lipinski definition) is 2. The minimum absolute atomic E-state index is 0.0464. The Morgan fingerprint density at radius 1 is 1.35 bits per heavy atom. The fourth-order valence-corrected chi connectivity index (χ4v) is 3.68. The Hall–Kier alpha value is -1.93. The van der Waals surface area contributed by atoms with Crippen molar-refractivity contribution in [3.8, 4) is 0 Å². The van der Waals surface area contributed by atoms with E-state index in [4.69, 9.17) is 5.11 Å². The molecule has 1 aromatic carbocycles. The number of aliphatic carboxylic acids is 1. The summed E-state index contributed by atoms with van der Waals surface area (Å²) in [6.07, 6.45) is -0.558. The van der Waals surface area contributed by atoms with Crippen LogP contribution in [0.2, 0.25) is 0 Å². The van der Waals surface area contributed by atoms with Crippen LogP contribution < -0.4 is 5.32 Å². The van der Waals surface area contributed by atoms with Gasteiger partial charge in [-0.3, -0.25) is 9.59 Å². The van der Waals surface area contributed by atoms with Crippen molar-refractivity contribution in [3.63, 3.8) is 0 Å². The Bertz CT molecular complexity index is 614. The van der Waals surface area contributed by atoms with E-state index in [0.717, 1.165) is 4.31 Å². The van der Waals surface area contributed by atoms with Crippen LogP contribution >= 0.6 is 0 Å². The van der Waals surface area contributed by atoms with E-state index in [0.29, 0.717) is 0 Å². The lowest BCUT2D eigenvalue weighted by Crippen LogP contribution is -2.57. The zero-order valence-electron chi connectivity index (χ0n) is 10.5. The second-order valence-electron chi connectivity index (χ2n) is 4.33. The first-order valence-corrected chi connectivity index (χ1v) is 7.43. The van der Waals surface area contributed by atoms with Crippen molar-refractivity contribution in [2.75, 3.05) is 13.1 Å². The third-order valence-electron chi connectivity index (χ3n) is 3.00. The van der Waals surface area contributed by atoms with Crippen LogP contribution in [0.4, 0.5) is 0 Å². The maximum absolute atomic E-state index is 12.5. The van der Waals surface area contributed by atoms with Crippen molar-refractivity contribution in [2.24, 2.45) is 0 Å². The van der Waals surface area contributed by atoms with Crippen molar-refractivity contribution in [3.05, 3.63) is 30.3 Å². The Morgan fingerprint density at radius 2 is 2.00 bits per heavy atom. The molecule has 108 valence electrons. The molecule has 1 aliphatic heterocycles. The number of piperazine rings is 1. The zero-order chi connectivity index (χ0) is 14.8. The van der Waals surface area contributed by atoms with Gasteiger partial charge in [0, 0.05) is 13.1 Å². The van der Waals surface area contributed by atoms with Gasteiger partial charge >= 0.3 is 5.97 Å². The Kier molecular flexibility index (Phi) is 4.05. The van der Waals surface area contributed by atoms with Gasteiger partial charge < -0.3 is 10.4 Å². The number of benzene rings is 1. The molecule has 1 heterocycles. The van der Waals surface area contributed by atoms with Gasteiger partial charge in [0.25, 0.3) is 0 Å². The molecule has 1 aliphatic rings. The lowest BCUT2D eigenvalue weighted by Gasteiger charge is -2.33. The van der Waals surface area contributed by atoms with Crippen LogP contribution in [-0.2, 0) is 19.6 Å². The molecule has 0 aliphatic carbocycles. The second-order valence-corrected chi connectivity index (χ2v) is 6.22. The van der Waals surface area contributed by atoms with Gasteiger partial charge in [0.15, 0.2) is 0 Å². The standard InChI is InChI=1S/C12H14N2O5S/c15-11(16)8-10-12(17)13-6-7-14(10)20(18,19)9-4-2-1-3-5-9/h1-5,10H,6-8H2,(H,13,17)(H,15,16). The molecular weight excluding hydrogens is 284 g/mol. The molecule has 20 heavy (non-hydrogen) atoms. The number of amides is 1. The minimum Gasteiger partial charge on any atom is -0.481 e. The third kappa shape index (κ3) is 2.81. The quantitative estimate of drug-likeness (QED) is 0.791. The molecule has 1 unspecified atom stereocenters. The molecule has 0 radical (unpaired) electrons. The van der Waals surface area contributed by atoms with Gasteiger partial charge in [-0.1, -0.05) is 18.2 Å². The molecule has 1 fully saturated rings. The van der Waals surface area contributed by atoms with E-state index in [1.807, 2.05) is 0 Å². The highest BCUT2D eigenvalue weighted by atomic mass is 32.2. The molecule has 1 atom stereocenters. The molecule has 0 bridgehead atoms. The number of carbonyl (C=O) groups is 2. The smallest absolute Gasteiger partial charge is 0.305 e. The van der Waals surface area contributed by atoms with Crippen molar-refractivity contribution in [2.45, 2.75) is 17.4 Å². The molecular formula is C12H14N2O5S. The fraction of sp³-hybridized carbons (Fsp3) is 0.333. The number of carboxylic acids is 1. The maximum atomic E-state index is 12.5. The van der Waals surface area contributed by atoms with Gasteiger partial charge in [-0.25, -0.2) is 8.42 Å². The molecule has 1 aromatic rings. The summed E-state index contributed by atoms with van der Waals surface area (Å²) < 4.78 is 25.9. The Balaban J connectivity index is 2.37. The van der Waals surface area contributed by atoms with Gasteiger partial charge in [0.05, 0.1) is 11.3 Å². The van der Waals surface area contributed by atoms with Crippen LogP contribution in [0.25, 0.3) is 0 Å². The summed E-state index contributed by atoms with van der Waals surface area (Å²) in [5.74, 6) is -1.81. The van der Waals surface area contributed by atoms with E-state index in [-0.39, 0.29) is 18.0 Å². The summed E-state index contributed by atoms with van der Waals surface area (Å²) in [6, 6.07) is 6.44. The summed E-state index contributed by atoms with van der Waals surface area (Å²) in [5, 5.41) is 11.3. The highest BCUT2D eigenvalue weighted by Crippen LogP contribution is 2.21. The van der Waals surface area contributed by atoms with Gasteiger partial charge in [0.1, 0.15) is 6.04 Å². The summed E-state index contributed by atoms with van der Waals surface area (Å²) in [4.78, 5) is 22.6. The molecule has 0 spiro atoms. The summed E-state index contributed by atoms with van der Waals surface area (Å²) in [6.45, 7) is 0.224. The number of sulfonamides is 1. The van der Waals surface area contributed by atoms with E-state index in [1.165, 1.54) is 12.1 Å². The number of rotatable bonds is 4. The largest absolute Gasteiger partial charge is 0.481 e. The first-order valence-electron chi connectivity index (χ1n) is 5.99. The van der Waals surface area contributed by atoms with Crippen molar-refractivity contribution in [1.29, 1.82) is 0 Å². The molecule has 1 amide bonds. The average molecular weight is 298 g/mol. The molecule has 8 heteroatoms. The first-order chi connectivity index (χ1) is 9.43. The van der Waals surface area contributed by atoms with E-state index in [1.54, 1.807) is 18.2 Å². The van der Waals surface area contributed by atoms with Crippen LogP contribution in [0, 0.1) is 0 Å². The number of carbonyl (C=O) groups excluding carboxylic acids is 1. The van der Waals surface area contributed by atoms with Crippen LogP contribution in [0.15, 0.2) is 35.2 Å². The van der Waals surface area contributed by atoms with Crippen LogP contribution in [0.3, 0.4) is 0 Å². The fourth-order valence-electron chi connectivity index (χ4n) is 2.07. The van der Waals surface area contributed by atoms with Crippen molar-refractivity contribution >= 4 is 21.9 Å². The van der Waals surface area contributed by atoms with Crippen molar-refractivity contribution in [1.82, 2.24) is 9.62 Å². The maximum Gasteiger partial charge on any atom is 0.305 e. The molecule has 7 nitrogen and oxygen atoms in total. The van der Waals surface area contributed by atoms with Crippen molar-refractivity contribution < 1.29 is 23.1 Å². The topological polar surface area (TPSA) is 104 Å². The Morgan fingerprint density at radius 3 is 2.60 bits per heavy atom. The summed E-state index contributed by atoms with van der Waals surface area (Å²) in [5.41, 5.74) is 0. The molecule has 2 rings (SSSR count). The molecule has 0 aromatic heterocycles. The van der Waals surface area contributed by atoms with E-state index < -0.39 is 34.4 Å². The second kappa shape index (κ2) is 5.59. The summed E-state index contributed by atoms with van der Waals surface area (Å²) >= 11 is 0. The monoisotopic (exact) mass is 298 g/mol. The Labute approximate surface area is 116 Å². The van der Waals surface area contributed by atoms with E-state index in [2.05, 4.69) is 5.32 Å². The van der Waals surface area contributed by atoms with E-state index in [9.17, 15) is 18.0 Å². The van der Waals surface area contributed by atoms with Crippen LogP contribution in [0.1, 0.15) is 6.42 Å².